The van der Waals surface area contributed by atoms with Crippen molar-refractivity contribution in [3.05, 3.63) is 0 Å². The molecule has 2 aliphatic rings. The molecule has 20 heavy (non-hydrogen) atoms. The number of carbonyl (C=O) groups excluding carboxylic acids is 1. The zero-order valence-corrected chi connectivity index (χ0v) is 12.4. The maximum atomic E-state index is 13.3. The number of carbonyl (C=O) groups is 1. The lowest BCUT2D eigenvalue weighted by molar-refractivity contribution is -0.203. The van der Waals surface area contributed by atoms with Crippen molar-refractivity contribution in [2.75, 3.05) is 6.54 Å². The minimum absolute atomic E-state index is 0.165. The fourth-order valence-corrected chi connectivity index (χ4v) is 3.43. The molecule has 2 saturated carbocycles. The third-order valence-electron chi connectivity index (χ3n) is 4.55. The summed E-state index contributed by atoms with van der Waals surface area (Å²) in [6, 6.07) is 0. The van der Waals surface area contributed by atoms with Crippen LogP contribution in [0.1, 0.15) is 52.9 Å². The SMILES string of the molecule is CC(C)(C)OC(=O)NC1(C2(CN)CC(F)(F)C2)CCC1. The summed E-state index contributed by atoms with van der Waals surface area (Å²) in [4.78, 5) is 12.0. The molecule has 4 nitrogen and oxygen atoms in total. The van der Waals surface area contributed by atoms with E-state index in [4.69, 9.17) is 10.5 Å². The van der Waals surface area contributed by atoms with Gasteiger partial charge in [0.1, 0.15) is 5.60 Å². The van der Waals surface area contributed by atoms with E-state index in [0.29, 0.717) is 12.8 Å². The number of nitrogens with one attached hydrogen (secondary N) is 1. The lowest BCUT2D eigenvalue weighted by Crippen LogP contribution is -2.72. The van der Waals surface area contributed by atoms with Gasteiger partial charge < -0.3 is 15.8 Å². The van der Waals surface area contributed by atoms with Gasteiger partial charge in [-0.25, -0.2) is 13.6 Å². The highest BCUT2D eigenvalue weighted by Gasteiger charge is 2.67. The van der Waals surface area contributed by atoms with Crippen molar-refractivity contribution >= 4 is 6.09 Å². The van der Waals surface area contributed by atoms with Gasteiger partial charge in [0, 0.05) is 24.8 Å². The van der Waals surface area contributed by atoms with E-state index in [1.165, 1.54) is 0 Å². The Hall–Kier alpha value is -0.910. The van der Waals surface area contributed by atoms with Gasteiger partial charge in [0.2, 0.25) is 5.92 Å². The molecule has 0 bridgehead atoms. The predicted octanol–water partition coefficient (Wildman–Crippen LogP) is 2.81. The van der Waals surface area contributed by atoms with Crippen LogP contribution in [0.2, 0.25) is 0 Å². The van der Waals surface area contributed by atoms with Crippen LogP contribution in [0.25, 0.3) is 0 Å². The van der Waals surface area contributed by atoms with Gasteiger partial charge in [-0.1, -0.05) is 0 Å². The Morgan fingerprint density at radius 1 is 1.30 bits per heavy atom. The molecule has 2 rings (SSSR count). The van der Waals surface area contributed by atoms with Crippen LogP contribution in [0.4, 0.5) is 13.6 Å². The lowest BCUT2D eigenvalue weighted by atomic mass is 9.49. The molecule has 0 radical (unpaired) electrons. The molecule has 0 aliphatic heterocycles. The van der Waals surface area contributed by atoms with Gasteiger partial charge in [-0.3, -0.25) is 0 Å². The number of halogens is 2. The van der Waals surface area contributed by atoms with E-state index in [-0.39, 0.29) is 19.4 Å². The van der Waals surface area contributed by atoms with Gasteiger partial charge in [-0.15, -0.1) is 0 Å². The van der Waals surface area contributed by atoms with Crippen molar-refractivity contribution in [1.29, 1.82) is 0 Å². The summed E-state index contributed by atoms with van der Waals surface area (Å²) >= 11 is 0. The smallest absolute Gasteiger partial charge is 0.408 e. The predicted molar refractivity (Wildman–Crippen MR) is 71.6 cm³/mol. The Labute approximate surface area is 118 Å². The first kappa shape index (κ1) is 15.5. The highest BCUT2D eigenvalue weighted by Crippen LogP contribution is 2.62. The normalized spacial score (nSPS) is 26.1. The Kier molecular flexibility index (Phi) is 3.52. The van der Waals surface area contributed by atoms with Crippen molar-refractivity contribution in [1.82, 2.24) is 5.32 Å². The van der Waals surface area contributed by atoms with Crippen LogP contribution in [0, 0.1) is 5.41 Å². The minimum atomic E-state index is -2.66. The van der Waals surface area contributed by atoms with Crippen LogP contribution in [0.3, 0.4) is 0 Å². The number of hydrogen-bond donors (Lipinski definition) is 2. The first-order valence-electron chi connectivity index (χ1n) is 7.12. The number of hydrogen-bond acceptors (Lipinski definition) is 3. The molecule has 1 amide bonds. The van der Waals surface area contributed by atoms with Gasteiger partial charge in [-0.05, 0) is 40.0 Å². The quantitative estimate of drug-likeness (QED) is 0.840. The maximum absolute atomic E-state index is 13.3. The van der Waals surface area contributed by atoms with Crippen molar-refractivity contribution in [3.63, 3.8) is 0 Å². The molecule has 0 spiro atoms. The number of ether oxygens (including phenoxy) is 1. The van der Waals surface area contributed by atoms with Crippen LogP contribution >= 0.6 is 0 Å². The van der Waals surface area contributed by atoms with E-state index in [2.05, 4.69) is 5.32 Å². The first-order chi connectivity index (χ1) is 9.03. The first-order valence-corrected chi connectivity index (χ1v) is 7.12. The second kappa shape index (κ2) is 4.55. The highest BCUT2D eigenvalue weighted by atomic mass is 19.3. The Morgan fingerprint density at radius 2 is 1.85 bits per heavy atom. The molecule has 6 heteroatoms. The topological polar surface area (TPSA) is 64.3 Å². The zero-order chi connectivity index (χ0) is 15.2. The molecule has 2 aliphatic carbocycles. The molecule has 0 unspecified atom stereocenters. The fraction of sp³-hybridized carbons (Fsp3) is 0.929. The summed E-state index contributed by atoms with van der Waals surface area (Å²) in [5.74, 6) is -2.66. The highest BCUT2D eigenvalue weighted by molar-refractivity contribution is 5.69. The van der Waals surface area contributed by atoms with E-state index < -0.39 is 28.6 Å². The fourth-order valence-electron chi connectivity index (χ4n) is 3.43. The molecule has 0 aromatic heterocycles. The van der Waals surface area contributed by atoms with Crippen LogP contribution < -0.4 is 11.1 Å². The van der Waals surface area contributed by atoms with Gasteiger partial charge in [0.25, 0.3) is 0 Å². The van der Waals surface area contributed by atoms with Gasteiger partial charge in [0.15, 0.2) is 0 Å². The average Bonchev–Trinajstić information content (AvgIpc) is 2.16. The van der Waals surface area contributed by atoms with E-state index in [9.17, 15) is 13.6 Å². The summed E-state index contributed by atoms with van der Waals surface area (Å²) in [6.07, 6.45) is 1.28. The van der Waals surface area contributed by atoms with E-state index in [0.717, 1.165) is 6.42 Å². The summed E-state index contributed by atoms with van der Waals surface area (Å²) in [5.41, 5.74) is 3.85. The van der Waals surface area contributed by atoms with Crippen LogP contribution in [-0.4, -0.2) is 29.7 Å². The molecule has 3 N–H and O–H groups in total. The third-order valence-corrected chi connectivity index (χ3v) is 4.55. The second-order valence-corrected chi connectivity index (χ2v) is 7.26. The Balaban J connectivity index is 2.08. The zero-order valence-electron chi connectivity index (χ0n) is 12.4. The summed E-state index contributed by atoms with van der Waals surface area (Å²) < 4.78 is 31.9. The number of alkyl carbamates (subject to hydrolysis) is 1. The average molecular weight is 290 g/mol. The number of nitrogens with two attached hydrogens (primary N) is 1. The number of alkyl halides is 2. The Bertz CT molecular complexity index is 392. The van der Waals surface area contributed by atoms with Crippen molar-refractivity contribution in [3.8, 4) is 0 Å². The molecular weight excluding hydrogens is 266 g/mol. The van der Waals surface area contributed by atoms with Crippen molar-refractivity contribution in [2.24, 2.45) is 11.1 Å². The number of rotatable bonds is 3. The minimum Gasteiger partial charge on any atom is -0.444 e. The molecule has 2 fully saturated rings. The van der Waals surface area contributed by atoms with Crippen molar-refractivity contribution in [2.45, 2.75) is 69.9 Å². The van der Waals surface area contributed by atoms with Crippen molar-refractivity contribution < 1.29 is 18.3 Å². The number of amides is 1. The van der Waals surface area contributed by atoms with Crippen LogP contribution in [0.5, 0.6) is 0 Å². The Morgan fingerprint density at radius 3 is 2.15 bits per heavy atom. The summed E-state index contributed by atoms with van der Waals surface area (Å²) in [7, 11) is 0. The summed E-state index contributed by atoms with van der Waals surface area (Å²) in [5, 5.41) is 2.84. The lowest BCUT2D eigenvalue weighted by Gasteiger charge is -2.62. The largest absolute Gasteiger partial charge is 0.444 e. The van der Waals surface area contributed by atoms with Gasteiger partial charge >= 0.3 is 6.09 Å². The van der Waals surface area contributed by atoms with Crippen LogP contribution in [-0.2, 0) is 4.74 Å². The van der Waals surface area contributed by atoms with E-state index in [1.807, 2.05) is 0 Å². The molecule has 0 aromatic carbocycles. The molecule has 0 aromatic rings. The molecule has 0 heterocycles. The summed E-state index contributed by atoms with van der Waals surface area (Å²) in [6.45, 7) is 5.49. The molecule has 116 valence electrons. The van der Waals surface area contributed by atoms with Gasteiger partial charge in [0.05, 0.1) is 5.54 Å². The van der Waals surface area contributed by atoms with E-state index >= 15 is 0 Å². The molecule has 0 atom stereocenters. The second-order valence-electron chi connectivity index (χ2n) is 7.26. The monoisotopic (exact) mass is 290 g/mol. The molecular formula is C14H24F2N2O2. The standard InChI is InChI=1S/C14H24F2N2O2/c1-11(2,3)20-10(19)18-13(5-4-6-13)12(9-17)7-14(15,16)8-12/h4-9,17H2,1-3H3,(H,18,19). The van der Waals surface area contributed by atoms with Gasteiger partial charge in [-0.2, -0.15) is 0 Å². The van der Waals surface area contributed by atoms with E-state index in [1.54, 1.807) is 20.8 Å². The molecule has 0 saturated heterocycles. The maximum Gasteiger partial charge on any atom is 0.408 e. The third kappa shape index (κ3) is 2.62. The van der Waals surface area contributed by atoms with Crippen LogP contribution in [0.15, 0.2) is 0 Å².